The molecule has 0 saturated heterocycles. The topological polar surface area (TPSA) is 50.1 Å². The number of carbonyl (C=O) groups excluding carboxylic acids is 1. The van der Waals surface area contributed by atoms with Gasteiger partial charge in [-0.25, -0.2) is 0 Å². The standard InChI is InChI=1S/C10H5BrF3NO2/c1-5(16)7-3-8(11)6(4-15)2-9(7)17-10(12,13)14/h2-3H,1H3. The molecule has 0 atom stereocenters. The number of ketones is 1. The third kappa shape index (κ3) is 3.46. The van der Waals surface area contributed by atoms with E-state index in [1.807, 2.05) is 0 Å². The molecule has 1 aromatic rings. The van der Waals surface area contributed by atoms with E-state index in [0.29, 0.717) is 0 Å². The van der Waals surface area contributed by atoms with Crippen molar-refractivity contribution in [2.75, 3.05) is 0 Å². The van der Waals surface area contributed by atoms with Crippen molar-refractivity contribution in [3.63, 3.8) is 0 Å². The van der Waals surface area contributed by atoms with Crippen molar-refractivity contribution in [2.45, 2.75) is 13.3 Å². The maximum absolute atomic E-state index is 12.1. The Kier molecular flexibility index (Phi) is 3.78. The molecule has 0 unspecified atom stereocenters. The minimum absolute atomic E-state index is 0.0470. The van der Waals surface area contributed by atoms with Crippen LogP contribution in [-0.2, 0) is 0 Å². The van der Waals surface area contributed by atoms with E-state index in [1.165, 1.54) is 0 Å². The number of benzene rings is 1. The summed E-state index contributed by atoms with van der Waals surface area (Å²) in [5.74, 6) is -1.26. The molecule has 0 saturated carbocycles. The Hall–Kier alpha value is -1.55. The maximum Gasteiger partial charge on any atom is 0.573 e. The molecule has 1 rings (SSSR count). The molecule has 3 nitrogen and oxygen atoms in total. The van der Waals surface area contributed by atoms with Crippen LogP contribution in [0.5, 0.6) is 5.75 Å². The van der Waals surface area contributed by atoms with Crippen LogP contribution in [0, 0.1) is 11.3 Å². The fraction of sp³-hybridized carbons (Fsp3) is 0.200. The quantitative estimate of drug-likeness (QED) is 0.787. The molecule has 90 valence electrons. The van der Waals surface area contributed by atoms with Crippen LogP contribution in [0.4, 0.5) is 13.2 Å². The summed E-state index contributed by atoms with van der Waals surface area (Å²) in [6.07, 6.45) is -4.91. The van der Waals surface area contributed by atoms with Gasteiger partial charge in [-0.2, -0.15) is 5.26 Å². The van der Waals surface area contributed by atoms with Crippen LogP contribution in [0.1, 0.15) is 22.8 Å². The molecule has 0 radical (unpaired) electrons. The zero-order chi connectivity index (χ0) is 13.2. The van der Waals surface area contributed by atoms with E-state index in [1.54, 1.807) is 6.07 Å². The lowest BCUT2D eigenvalue weighted by Gasteiger charge is -2.12. The van der Waals surface area contributed by atoms with Gasteiger partial charge in [0.05, 0.1) is 11.1 Å². The van der Waals surface area contributed by atoms with Gasteiger partial charge in [0.1, 0.15) is 11.8 Å². The number of ether oxygens (including phenoxy) is 1. The molecule has 17 heavy (non-hydrogen) atoms. The number of hydrogen-bond acceptors (Lipinski definition) is 3. The summed E-state index contributed by atoms with van der Waals surface area (Å²) in [6.45, 7) is 1.11. The molecular weight excluding hydrogens is 303 g/mol. The first-order chi connectivity index (χ1) is 7.74. The normalized spacial score (nSPS) is 10.8. The molecule has 0 aliphatic rings. The first-order valence-corrected chi connectivity index (χ1v) is 5.04. The predicted molar refractivity (Wildman–Crippen MR) is 55.5 cm³/mol. The first kappa shape index (κ1) is 13.5. The second-order valence-corrected chi connectivity index (χ2v) is 3.90. The lowest BCUT2D eigenvalue weighted by atomic mass is 10.1. The molecule has 0 aromatic heterocycles. The van der Waals surface area contributed by atoms with Gasteiger partial charge in [-0.3, -0.25) is 4.79 Å². The van der Waals surface area contributed by atoms with E-state index in [4.69, 9.17) is 5.26 Å². The van der Waals surface area contributed by atoms with Gasteiger partial charge in [-0.05, 0) is 28.9 Å². The van der Waals surface area contributed by atoms with Crippen LogP contribution < -0.4 is 4.74 Å². The fourth-order valence-electron chi connectivity index (χ4n) is 1.12. The highest BCUT2D eigenvalue weighted by Gasteiger charge is 2.33. The average molecular weight is 308 g/mol. The van der Waals surface area contributed by atoms with Gasteiger partial charge in [0.2, 0.25) is 0 Å². The lowest BCUT2D eigenvalue weighted by molar-refractivity contribution is -0.274. The van der Waals surface area contributed by atoms with Gasteiger partial charge in [0.25, 0.3) is 0 Å². The van der Waals surface area contributed by atoms with Crippen LogP contribution in [0.3, 0.4) is 0 Å². The Labute approximate surface area is 103 Å². The molecule has 0 bridgehead atoms. The molecule has 0 fully saturated rings. The molecule has 0 heterocycles. The van der Waals surface area contributed by atoms with Crippen molar-refractivity contribution in [3.8, 4) is 11.8 Å². The Morgan fingerprint density at radius 1 is 1.47 bits per heavy atom. The zero-order valence-corrected chi connectivity index (χ0v) is 10.0. The smallest absolute Gasteiger partial charge is 0.405 e. The minimum Gasteiger partial charge on any atom is -0.405 e. The molecule has 0 aliphatic heterocycles. The summed E-state index contributed by atoms with van der Waals surface area (Å²) in [6, 6.07) is 3.68. The molecule has 0 spiro atoms. The molecule has 7 heteroatoms. The second kappa shape index (κ2) is 4.75. The third-order valence-electron chi connectivity index (χ3n) is 1.79. The van der Waals surface area contributed by atoms with Crippen molar-refractivity contribution in [1.29, 1.82) is 5.26 Å². The average Bonchev–Trinajstić information content (AvgIpc) is 2.17. The molecule has 0 aliphatic carbocycles. The fourth-order valence-corrected chi connectivity index (χ4v) is 1.56. The predicted octanol–water partition coefficient (Wildman–Crippen LogP) is 3.42. The van der Waals surface area contributed by atoms with E-state index in [-0.39, 0.29) is 15.6 Å². The van der Waals surface area contributed by atoms with Crippen molar-refractivity contribution in [3.05, 3.63) is 27.7 Å². The van der Waals surface area contributed by atoms with Crippen LogP contribution in [0.15, 0.2) is 16.6 Å². The summed E-state index contributed by atoms with van der Waals surface area (Å²) in [5.41, 5.74) is -0.289. The summed E-state index contributed by atoms with van der Waals surface area (Å²) in [5, 5.41) is 8.67. The lowest BCUT2D eigenvalue weighted by Crippen LogP contribution is -2.19. The number of Topliss-reactive ketones (excluding diaryl/α,β-unsaturated/α-hetero) is 1. The number of halogens is 4. The van der Waals surface area contributed by atoms with E-state index in [9.17, 15) is 18.0 Å². The highest BCUT2D eigenvalue weighted by molar-refractivity contribution is 9.10. The first-order valence-electron chi connectivity index (χ1n) is 4.25. The Bertz CT molecular complexity index is 505. The number of hydrogen-bond donors (Lipinski definition) is 0. The Morgan fingerprint density at radius 3 is 2.47 bits per heavy atom. The SMILES string of the molecule is CC(=O)c1cc(Br)c(C#N)cc1OC(F)(F)F. The van der Waals surface area contributed by atoms with Crippen LogP contribution >= 0.6 is 15.9 Å². The summed E-state index contributed by atoms with van der Waals surface area (Å²) in [4.78, 5) is 11.2. The molecule has 0 N–H and O–H groups in total. The number of nitriles is 1. The van der Waals surface area contributed by atoms with Crippen molar-refractivity contribution in [1.82, 2.24) is 0 Å². The zero-order valence-electron chi connectivity index (χ0n) is 8.43. The van der Waals surface area contributed by atoms with Crippen molar-refractivity contribution < 1.29 is 22.7 Å². The third-order valence-corrected chi connectivity index (χ3v) is 2.45. The molecule has 1 aromatic carbocycles. The maximum atomic E-state index is 12.1. The van der Waals surface area contributed by atoms with Crippen LogP contribution in [-0.4, -0.2) is 12.1 Å². The Balaban J connectivity index is 3.35. The summed E-state index contributed by atoms with van der Waals surface area (Å²) >= 11 is 2.98. The van der Waals surface area contributed by atoms with E-state index >= 15 is 0 Å². The van der Waals surface area contributed by atoms with Crippen LogP contribution in [0.2, 0.25) is 0 Å². The Morgan fingerprint density at radius 2 is 2.06 bits per heavy atom. The largest absolute Gasteiger partial charge is 0.573 e. The van der Waals surface area contributed by atoms with Gasteiger partial charge in [0, 0.05) is 10.5 Å². The molecular formula is C10H5BrF3NO2. The summed E-state index contributed by atoms with van der Waals surface area (Å²) < 4.78 is 40.2. The van der Waals surface area contributed by atoms with Gasteiger partial charge >= 0.3 is 6.36 Å². The van der Waals surface area contributed by atoms with Gasteiger partial charge < -0.3 is 4.74 Å². The van der Waals surface area contributed by atoms with E-state index in [2.05, 4.69) is 20.7 Å². The van der Waals surface area contributed by atoms with Crippen molar-refractivity contribution >= 4 is 21.7 Å². The second-order valence-electron chi connectivity index (χ2n) is 3.04. The highest BCUT2D eigenvalue weighted by atomic mass is 79.9. The van der Waals surface area contributed by atoms with Gasteiger partial charge in [-0.15, -0.1) is 13.2 Å². The van der Waals surface area contributed by atoms with Gasteiger partial charge in [-0.1, -0.05) is 0 Å². The van der Waals surface area contributed by atoms with Crippen LogP contribution in [0.25, 0.3) is 0 Å². The monoisotopic (exact) mass is 307 g/mol. The van der Waals surface area contributed by atoms with E-state index in [0.717, 1.165) is 19.1 Å². The van der Waals surface area contributed by atoms with Crippen molar-refractivity contribution in [2.24, 2.45) is 0 Å². The van der Waals surface area contributed by atoms with Gasteiger partial charge in [0.15, 0.2) is 5.78 Å². The number of alkyl halides is 3. The number of nitrogens with zero attached hydrogens (tertiary/aromatic N) is 1. The number of rotatable bonds is 2. The number of carbonyl (C=O) groups is 1. The summed E-state index contributed by atoms with van der Waals surface area (Å²) in [7, 11) is 0. The molecule has 0 amide bonds. The van der Waals surface area contributed by atoms with E-state index < -0.39 is 17.9 Å². The highest BCUT2D eigenvalue weighted by Crippen LogP contribution is 2.31. The minimum atomic E-state index is -4.91.